The Morgan fingerprint density at radius 2 is 2.07 bits per heavy atom. The summed E-state index contributed by atoms with van der Waals surface area (Å²) >= 11 is 0. The number of aryl methyl sites for hydroxylation is 2. The van der Waals surface area contributed by atoms with Crippen molar-refractivity contribution in [1.82, 2.24) is 10.3 Å². The molecule has 1 aromatic heterocycles. The van der Waals surface area contributed by atoms with Crippen LogP contribution < -0.4 is 15.0 Å². The van der Waals surface area contributed by atoms with Gasteiger partial charge in [0, 0.05) is 31.4 Å². The van der Waals surface area contributed by atoms with E-state index in [1.165, 1.54) is 0 Å². The molecular weight excluding hydrogens is 342 g/mol. The number of anilines is 1. The van der Waals surface area contributed by atoms with Crippen molar-refractivity contribution < 1.29 is 14.3 Å². The van der Waals surface area contributed by atoms with E-state index in [0.29, 0.717) is 32.8 Å². The van der Waals surface area contributed by atoms with Crippen molar-refractivity contribution in [2.24, 2.45) is 0 Å². The van der Waals surface area contributed by atoms with Crippen LogP contribution in [0.2, 0.25) is 0 Å². The fourth-order valence-corrected chi connectivity index (χ4v) is 3.03. The molecule has 0 spiro atoms. The molecule has 1 amide bonds. The van der Waals surface area contributed by atoms with Crippen molar-refractivity contribution in [2.75, 3.05) is 37.8 Å². The molecule has 1 saturated heterocycles. The molecule has 1 aromatic carbocycles. The average Bonchev–Trinajstić information content (AvgIpc) is 2.70. The van der Waals surface area contributed by atoms with Crippen LogP contribution in [-0.4, -0.2) is 43.8 Å². The largest absolute Gasteiger partial charge is 0.493 e. The van der Waals surface area contributed by atoms with Gasteiger partial charge in [-0.2, -0.15) is 0 Å². The summed E-state index contributed by atoms with van der Waals surface area (Å²) in [5, 5.41) is 2.97. The molecule has 0 aliphatic carbocycles. The zero-order valence-corrected chi connectivity index (χ0v) is 16.0. The van der Waals surface area contributed by atoms with Gasteiger partial charge in [-0.3, -0.25) is 4.79 Å². The lowest BCUT2D eigenvalue weighted by Crippen LogP contribution is -2.38. The number of rotatable bonds is 7. The van der Waals surface area contributed by atoms with E-state index in [1.807, 2.05) is 38.1 Å². The molecule has 2 heterocycles. The third-order valence-corrected chi connectivity index (χ3v) is 4.58. The van der Waals surface area contributed by atoms with Gasteiger partial charge in [-0.25, -0.2) is 4.98 Å². The molecule has 0 unspecified atom stereocenters. The Kier molecular flexibility index (Phi) is 6.65. The van der Waals surface area contributed by atoms with Gasteiger partial charge in [-0.1, -0.05) is 18.2 Å². The Morgan fingerprint density at radius 3 is 2.89 bits per heavy atom. The van der Waals surface area contributed by atoms with Crippen LogP contribution >= 0.6 is 0 Å². The maximum absolute atomic E-state index is 12.2. The first-order chi connectivity index (χ1) is 13.1. The third kappa shape index (κ3) is 5.44. The normalized spacial score (nSPS) is 14.1. The molecule has 0 atom stereocenters. The van der Waals surface area contributed by atoms with E-state index in [9.17, 15) is 4.79 Å². The fraction of sp³-hybridized carbons (Fsp3) is 0.429. The van der Waals surface area contributed by atoms with Gasteiger partial charge in [0.1, 0.15) is 11.6 Å². The third-order valence-electron chi connectivity index (χ3n) is 4.58. The molecule has 1 N–H and O–H groups in total. The van der Waals surface area contributed by atoms with E-state index < -0.39 is 0 Å². The topological polar surface area (TPSA) is 63.7 Å². The molecule has 1 aliphatic rings. The smallest absolute Gasteiger partial charge is 0.223 e. The highest BCUT2D eigenvalue weighted by Crippen LogP contribution is 2.20. The molecule has 27 heavy (non-hydrogen) atoms. The number of morpholine rings is 1. The van der Waals surface area contributed by atoms with Crippen LogP contribution in [-0.2, 0) is 16.1 Å². The number of carbonyl (C=O) groups excluding carboxylic acids is 1. The minimum absolute atomic E-state index is 0.0305. The van der Waals surface area contributed by atoms with Crippen LogP contribution in [0, 0.1) is 13.8 Å². The lowest BCUT2D eigenvalue weighted by Gasteiger charge is -2.29. The molecule has 6 heteroatoms. The van der Waals surface area contributed by atoms with Gasteiger partial charge in [-0.15, -0.1) is 0 Å². The summed E-state index contributed by atoms with van der Waals surface area (Å²) in [4.78, 5) is 18.9. The van der Waals surface area contributed by atoms with E-state index >= 15 is 0 Å². The summed E-state index contributed by atoms with van der Waals surface area (Å²) in [6.07, 6.45) is 2.11. The lowest BCUT2D eigenvalue weighted by atomic mass is 10.1. The monoisotopic (exact) mass is 369 g/mol. The number of nitrogens with one attached hydrogen (secondary N) is 1. The predicted molar refractivity (Wildman–Crippen MR) is 105 cm³/mol. The summed E-state index contributed by atoms with van der Waals surface area (Å²) in [5.41, 5.74) is 3.24. The van der Waals surface area contributed by atoms with Crippen molar-refractivity contribution in [2.45, 2.75) is 26.8 Å². The standard InChI is InChI=1S/C21H27N3O3/c1-16-5-6-17(2)19(14-16)27-11-7-20(25)23-15-18-4-3-8-22-21(18)24-9-12-26-13-10-24/h3-6,8,14H,7,9-13,15H2,1-2H3,(H,23,25). The van der Waals surface area contributed by atoms with Crippen molar-refractivity contribution >= 4 is 11.7 Å². The van der Waals surface area contributed by atoms with Gasteiger partial charge in [0.2, 0.25) is 5.91 Å². The Bertz CT molecular complexity index is 773. The quantitative estimate of drug-likeness (QED) is 0.813. The zero-order valence-electron chi connectivity index (χ0n) is 16.0. The van der Waals surface area contributed by atoms with Gasteiger partial charge in [0.25, 0.3) is 0 Å². The van der Waals surface area contributed by atoms with Gasteiger partial charge in [0.05, 0.1) is 26.2 Å². The molecule has 0 radical (unpaired) electrons. The van der Waals surface area contributed by atoms with E-state index in [1.54, 1.807) is 6.20 Å². The highest BCUT2D eigenvalue weighted by Gasteiger charge is 2.16. The first kappa shape index (κ1) is 19.2. The van der Waals surface area contributed by atoms with Crippen molar-refractivity contribution in [1.29, 1.82) is 0 Å². The van der Waals surface area contributed by atoms with E-state index in [4.69, 9.17) is 9.47 Å². The number of benzene rings is 1. The molecule has 2 aromatic rings. The van der Waals surface area contributed by atoms with E-state index in [0.717, 1.165) is 41.3 Å². The number of pyridine rings is 1. The minimum atomic E-state index is -0.0305. The second kappa shape index (κ2) is 9.37. The molecule has 1 fully saturated rings. The van der Waals surface area contributed by atoms with Gasteiger partial charge < -0.3 is 19.7 Å². The van der Waals surface area contributed by atoms with Gasteiger partial charge in [0.15, 0.2) is 0 Å². The van der Waals surface area contributed by atoms with Crippen molar-refractivity contribution in [3.8, 4) is 5.75 Å². The Balaban J connectivity index is 1.48. The van der Waals surface area contributed by atoms with Crippen LogP contribution in [0.25, 0.3) is 0 Å². The molecule has 1 aliphatic heterocycles. The summed E-state index contributed by atoms with van der Waals surface area (Å²) < 4.78 is 11.2. The van der Waals surface area contributed by atoms with Crippen LogP contribution in [0.4, 0.5) is 5.82 Å². The van der Waals surface area contributed by atoms with Crippen LogP contribution in [0.5, 0.6) is 5.75 Å². The fourth-order valence-electron chi connectivity index (χ4n) is 3.03. The Labute approximate surface area is 160 Å². The number of ether oxygens (including phenoxy) is 2. The predicted octanol–water partition coefficient (Wildman–Crippen LogP) is 2.62. The SMILES string of the molecule is Cc1ccc(C)c(OCCC(=O)NCc2cccnc2N2CCOCC2)c1. The van der Waals surface area contributed by atoms with Gasteiger partial charge >= 0.3 is 0 Å². The highest BCUT2D eigenvalue weighted by molar-refractivity contribution is 5.76. The number of carbonyl (C=O) groups is 1. The first-order valence-corrected chi connectivity index (χ1v) is 9.37. The number of hydrogen-bond acceptors (Lipinski definition) is 5. The Hall–Kier alpha value is -2.60. The Morgan fingerprint density at radius 1 is 1.26 bits per heavy atom. The molecule has 6 nitrogen and oxygen atoms in total. The van der Waals surface area contributed by atoms with Crippen LogP contribution in [0.3, 0.4) is 0 Å². The maximum atomic E-state index is 12.2. The second-order valence-corrected chi connectivity index (χ2v) is 6.73. The summed E-state index contributed by atoms with van der Waals surface area (Å²) in [6.45, 7) is 7.91. The number of aromatic nitrogens is 1. The maximum Gasteiger partial charge on any atom is 0.223 e. The molecule has 0 saturated carbocycles. The molecule has 0 bridgehead atoms. The van der Waals surface area contributed by atoms with Gasteiger partial charge in [-0.05, 0) is 37.1 Å². The zero-order chi connectivity index (χ0) is 19.1. The lowest BCUT2D eigenvalue weighted by molar-refractivity contribution is -0.121. The van der Waals surface area contributed by atoms with Crippen molar-refractivity contribution in [3.05, 3.63) is 53.2 Å². The van der Waals surface area contributed by atoms with E-state index in [-0.39, 0.29) is 5.91 Å². The van der Waals surface area contributed by atoms with Crippen molar-refractivity contribution in [3.63, 3.8) is 0 Å². The van der Waals surface area contributed by atoms with Crippen LogP contribution in [0.15, 0.2) is 36.5 Å². The second-order valence-electron chi connectivity index (χ2n) is 6.73. The number of nitrogens with zero attached hydrogens (tertiary/aromatic N) is 2. The summed E-state index contributed by atoms with van der Waals surface area (Å²) in [6, 6.07) is 9.98. The molecule has 3 rings (SSSR count). The number of hydrogen-bond donors (Lipinski definition) is 1. The first-order valence-electron chi connectivity index (χ1n) is 9.37. The highest BCUT2D eigenvalue weighted by atomic mass is 16.5. The minimum Gasteiger partial charge on any atom is -0.493 e. The summed E-state index contributed by atoms with van der Waals surface area (Å²) in [5.74, 6) is 1.73. The molecular formula is C21H27N3O3. The average molecular weight is 369 g/mol. The van der Waals surface area contributed by atoms with E-state index in [2.05, 4.69) is 21.3 Å². The molecule has 144 valence electrons. The van der Waals surface area contributed by atoms with Crippen LogP contribution in [0.1, 0.15) is 23.1 Å². The summed E-state index contributed by atoms with van der Waals surface area (Å²) in [7, 11) is 0. The number of amides is 1.